The predicted molar refractivity (Wildman–Crippen MR) is 134 cm³/mol. The van der Waals surface area contributed by atoms with Crippen molar-refractivity contribution in [2.24, 2.45) is 11.7 Å². The van der Waals surface area contributed by atoms with Gasteiger partial charge >= 0.3 is 11.9 Å². The van der Waals surface area contributed by atoms with E-state index in [-0.39, 0.29) is 50.9 Å². The first-order valence-electron chi connectivity index (χ1n) is 10.9. The topological polar surface area (TPSA) is 135 Å². The molecule has 1 amide bonds. The van der Waals surface area contributed by atoms with Crippen molar-refractivity contribution in [1.82, 2.24) is 0 Å². The van der Waals surface area contributed by atoms with Crippen LogP contribution in [-0.4, -0.2) is 32.1 Å². The number of esters is 2. The maximum atomic E-state index is 13.2. The molecule has 0 saturated carbocycles. The van der Waals surface area contributed by atoms with Crippen LogP contribution in [-0.2, 0) is 23.9 Å². The third-order valence-corrected chi connectivity index (χ3v) is 5.83. The number of hydrogen-bond donors (Lipinski definition) is 2. The summed E-state index contributed by atoms with van der Waals surface area (Å²) in [4.78, 5) is 40.1. The molecule has 0 fully saturated rings. The number of carbonyl (C=O) groups excluding carboxylic acids is 3. The Kier molecular flexibility index (Phi) is 8.02. The molecule has 0 aliphatic carbocycles. The van der Waals surface area contributed by atoms with E-state index in [1.807, 2.05) is 0 Å². The molecule has 1 atom stereocenters. The number of ether oxygens (including phenoxy) is 2. The lowest BCUT2D eigenvalue weighted by molar-refractivity contribution is -0.139. The number of carbonyl (C=O) groups is 3. The first-order valence-corrected chi connectivity index (χ1v) is 11.3. The van der Waals surface area contributed by atoms with Gasteiger partial charge in [-0.05, 0) is 23.8 Å². The maximum Gasteiger partial charge on any atom is 0.355 e. The normalized spacial score (nSPS) is 15.5. The number of nitriles is 1. The molecule has 3 N–H and O–H groups in total. The molecule has 1 aliphatic rings. The average Bonchev–Trinajstić information content (AvgIpc) is 2.88. The Labute approximate surface area is 213 Å². The monoisotopic (exact) mass is 508 g/mol. The molecule has 2 aromatic rings. The van der Waals surface area contributed by atoms with E-state index in [1.165, 1.54) is 17.0 Å². The summed E-state index contributed by atoms with van der Waals surface area (Å²) >= 11 is 6.28. The third kappa shape index (κ3) is 4.90. The number of halogens is 1. The van der Waals surface area contributed by atoms with Crippen LogP contribution in [0.3, 0.4) is 0 Å². The van der Waals surface area contributed by atoms with Crippen molar-refractivity contribution in [3.8, 4) is 6.07 Å². The van der Waals surface area contributed by atoms with Crippen molar-refractivity contribution in [3.63, 3.8) is 0 Å². The van der Waals surface area contributed by atoms with Crippen molar-refractivity contribution in [3.05, 3.63) is 81.8 Å². The molecule has 0 aromatic heterocycles. The molecule has 2 aromatic carbocycles. The first-order chi connectivity index (χ1) is 17.2. The van der Waals surface area contributed by atoms with Crippen molar-refractivity contribution >= 4 is 40.8 Å². The number of rotatable bonds is 6. The number of anilines is 2. The van der Waals surface area contributed by atoms with E-state index in [1.54, 1.807) is 50.2 Å². The summed E-state index contributed by atoms with van der Waals surface area (Å²) in [6.07, 6.45) is 0. The number of methoxy groups -OCH3 is 2. The molecular formula is C26H25ClN4O5. The average molecular weight is 509 g/mol. The zero-order chi connectivity index (χ0) is 26.6. The van der Waals surface area contributed by atoms with Gasteiger partial charge < -0.3 is 20.5 Å². The fraction of sp³-hybridized carbons (Fsp3) is 0.231. The van der Waals surface area contributed by atoms with E-state index in [9.17, 15) is 19.6 Å². The van der Waals surface area contributed by atoms with Gasteiger partial charge in [-0.3, -0.25) is 9.69 Å². The number of benzene rings is 2. The van der Waals surface area contributed by atoms with Crippen LogP contribution in [0.15, 0.2) is 71.2 Å². The third-order valence-electron chi connectivity index (χ3n) is 5.59. The summed E-state index contributed by atoms with van der Waals surface area (Å²) in [5, 5.41) is 13.2. The van der Waals surface area contributed by atoms with E-state index in [4.69, 9.17) is 26.8 Å². The Balaban J connectivity index is 2.42. The minimum absolute atomic E-state index is 0.00429. The van der Waals surface area contributed by atoms with Gasteiger partial charge in [-0.2, -0.15) is 5.26 Å². The van der Waals surface area contributed by atoms with Crippen LogP contribution in [0.2, 0.25) is 5.02 Å². The number of allylic oxidation sites excluding steroid dienone is 1. The molecular weight excluding hydrogens is 484 g/mol. The van der Waals surface area contributed by atoms with Crippen LogP contribution in [0.5, 0.6) is 0 Å². The number of nitrogens with zero attached hydrogens (tertiary/aromatic N) is 2. The molecule has 1 unspecified atom stereocenters. The minimum Gasteiger partial charge on any atom is -0.466 e. The van der Waals surface area contributed by atoms with Gasteiger partial charge in [0, 0.05) is 10.9 Å². The zero-order valence-electron chi connectivity index (χ0n) is 20.2. The van der Waals surface area contributed by atoms with Crippen molar-refractivity contribution in [2.75, 3.05) is 24.4 Å². The molecule has 1 heterocycles. The second kappa shape index (κ2) is 11.0. The van der Waals surface area contributed by atoms with Gasteiger partial charge in [0.25, 0.3) is 0 Å². The Morgan fingerprint density at radius 3 is 2.28 bits per heavy atom. The molecule has 1 aliphatic heterocycles. The lowest BCUT2D eigenvalue weighted by Crippen LogP contribution is -2.41. The van der Waals surface area contributed by atoms with E-state index in [0.29, 0.717) is 5.56 Å². The van der Waals surface area contributed by atoms with Gasteiger partial charge in [0.2, 0.25) is 5.91 Å². The van der Waals surface area contributed by atoms with E-state index >= 15 is 0 Å². The summed E-state index contributed by atoms with van der Waals surface area (Å²) in [6.45, 7) is 3.43. The van der Waals surface area contributed by atoms with Crippen LogP contribution in [0.1, 0.15) is 25.3 Å². The van der Waals surface area contributed by atoms with Crippen LogP contribution >= 0.6 is 11.6 Å². The minimum atomic E-state index is -1.01. The van der Waals surface area contributed by atoms with Crippen LogP contribution < -0.4 is 16.0 Å². The highest BCUT2D eigenvalue weighted by Gasteiger charge is 2.43. The standard InChI is InChI=1S/C26H25ClN4O5/c1-14(2)24(32)30-18-11-10-16(27)12-19(18)31-22(26(34)36-4)21(25(33)35-3)20(17(13-28)23(31)29)15-8-6-5-7-9-15/h5-12,14,20H,29H2,1-4H3,(H,30,32). The van der Waals surface area contributed by atoms with Crippen LogP contribution in [0.4, 0.5) is 11.4 Å². The lowest BCUT2D eigenvalue weighted by Gasteiger charge is -2.36. The van der Waals surface area contributed by atoms with Gasteiger partial charge in [-0.1, -0.05) is 55.8 Å². The quantitative estimate of drug-likeness (QED) is 0.562. The smallest absolute Gasteiger partial charge is 0.355 e. The summed E-state index contributed by atoms with van der Waals surface area (Å²) in [7, 11) is 2.32. The lowest BCUT2D eigenvalue weighted by atomic mass is 9.81. The largest absolute Gasteiger partial charge is 0.466 e. The van der Waals surface area contributed by atoms with Crippen molar-refractivity contribution in [2.45, 2.75) is 19.8 Å². The summed E-state index contributed by atoms with van der Waals surface area (Å²) < 4.78 is 10.1. The molecule has 186 valence electrons. The second-order valence-electron chi connectivity index (χ2n) is 8.14. The summed E-state index contributed by atoms with van der Waals surface area (Å²) in [5.74, 6) is -3.58. The van der Waals surface area contributed by atoms with Crippen LogP contribution in [0, 0.1) is 17.2 Å². The first kappa shape index (κ1) is 26.3. The SMILES string of the molecule is COC(=O)C1=C(C(=O)OC)N(c2cc(Cl)ccc2NC(=O)C(C)C)C(N)=C(C#N)C1c1ccccc1. The molecule has 10 heteroatoms. The fourth-order valence-corrected chi connectivity index (χ4v) is 4.00. The molecule has 9 nitrogen and oxygen atoms in total. The van der Waals surface area contributed by atoms with E-state index < -0.39 is 17.9 Å². The molecule has 0 spiro atoms. The number of nitrogens with one attached hydrogen (secondary N) is 1. The number of nitrogens with two attached hydrogens (primary N) is 1. The summed E-state index contributed by atoms with van der Waals surface area (Å²) in [5.41, 5.74) is 7.06. The highest BCUT2D eigenvalue weighted by molar-refractivity contribution is 6.31. The maximum absolute atomic E-state index is 13.2. The van der Waals surface area contributed by atoms with Gasteiger partial charge in [0.05, 0.1) is 48.7 Å². The molecule has 3 rings (SSSR count). The van der Waals surface area contributed by atoms with Gasteiger partial charge in [-0.15, -0.1) is 0 Å². The Morgan fingerprint density at radius 2 is 1.72 bits per heavy atom. The molecule has 0 saturated heterocycles. The van der Waals surface area contributed by atoms with E-state index in [0.717, 1.165) is 14.2 Å². The highest BCUT2D eigenvalue weighted by Crippen LogP contribution is 2.45. The molecule has 36 heavy (non-hydrogen) atoms. The van der Waals surface area contributed by atoms with Crippen LogP contribution in [0.25, 0.3) is 0 Å². The Bertz CT molecular complexity index is 1310. The fourth-order valence-electron chi connectivity index (χ4n) is 3.84. The van der Waals surface area contributed by atoms with Gasteiger partial charge in [0.15, 0.2) is 0 Å². The Morgan fingerprint density at radius 1 is 1.08 bits per heavy atom. The van der Waals surface area contributed by atoms with Gasteiger partial charge in [-0.25, -0.2) is 9.59 Å². The van der Waals surface area contributed by atoms with Gasteiger partial charge in [0.1, 0.15) is 11.5 Å². The van der Waals surface area contributed by atoms with E-state index in [2.05, 4.69) is 11.4 Å². The summed E-state index contributed by atoms with van der Waals surface area (Å²) in [6, 6.07) is 15.3. The highest BCUT2D eigenvalue weighted by atomic mass is 35.5. The second-order valence-corrected chi connectivity index (χ2v) is 8.58. The zero-order valence-corrected chi connectivity index (χ0v) is 20.9. The molecule has 0 bridgehead atoms. The predicted octanol–water partition coefficient (Wildman–Crippen LogP) is 3.83. The number of hydrogen-bond acceptors (Lipinski definition) is 8. The van der Waals surface area contributed by atoms with Crippen molar-refractivity contribution < 1.29 is 23.9 Å². The van der Waals surface area contributed by atoms with Crippen molar-refractivity contribution in [1.29, 1.82) is 5.26 Å². The molecule has 0 radical (unpaired) electrons. The number of amides is 1. The Hall–Kier alpha value is -4.29.